The van der Waals surface area contributed by atoms with Gasteiger partial charge in [0.1, 0.15) is 17.7 Å². The lowest BCUT2D eigenvalue weighted by molar-refractivity contribution is -0.136. The van der Waals surface area contributed by atoms with Gasteiger partial charge >= 0.3 is 5.97 Å². The van der Waals surface area contributed by atoms with E-state index in [4.69, 9.17) is 14.6 Å². The lowest BCUT2D eigenvalue weighted by Gasteiger charge is -2.23. The minimum atomic E-state index is -1.12. The van der Waals surface area contributed by atoms with E-state index in [0.29, 0.717) is 24.5 Å². The number of nitrogens with one attached hydrogen (secondary N) is 1. The fraction of sp³-hybridized carbons (Fsp3) is 0.300. The molecule has 0 saturated carbocycles. The molecule has 2 aromatic carbocycles. The SMILES string of the molecule is O=C(O)Cc1ccc(NC(=O)c2ccc(OC3CCOCC3)cc2)cc1F. The molecule has 0 bridgehead atoms. The third-order valence-corrected chi connectivity index (χ3v) is 4.24. The van der Waals surface area contributed by atoms with Gasteiger partial charge in [0.05, 0.1) is 19.6 Å². The Morgan fingerprint density at radius 2 is 1.85 bits per heavy atom. The Bertz CT molecular complexity index is 816. The zero-order valence-corrected chi connectivity index (χ0v) is 14.6. The Labute approximate surface area is 155 Å². The Kier molecular flexibility index (Phi) is 6.03. The molecule has 0 spiro atoms. The normalized spacial score (nSPS) is 14.6. The lowest BCUT2D eigenvalue weighted by atomic mass is 10.1. The van der Waals surface area contributed by atoms with Crippen LogP contribution in [0.4, 0.5) is 10.1 Å². The van der Waals surface area contributed by atoms with Gasteiger partial charge < -0.3 is 19.9 Å². The summed E-state index contributed by atoms with van der Waals surface area (Å²) in [7, 11) is 0. The molecule has 2 aromatic rings. The molecule has 1 heterocycles. The van der Waals surface area contributed by atoms with Gasteiger partial charge in [-0.3, -0.25) is 9.59 Å². The summed E-state index contributed by atoms with van der Waals surface area (Å²) in [6.07, 6.45) is 1.39. The number of halogens is 1. The van der Waals surface area contributed by atoms with E-state index in [9.17, 15) is 14.0 Å². The first kappa shape index (κ1) is 18.8. The monoisotopic (exact) mass is 373 g/mol. The van der Waals surface area contributed by atoms with Crippen molar-refractivity contribution in [2.45, 2.75) is 25.4 Å². The second kappa shape index (κ2) is 8.64. The molecule has 7 heteroatoms. The van der Waals surface area contributed by atoms with Crippen LogP contribution in [0, 0.1) is 5.82 Å². The molecule has 142 valence electrons. The molecular formula is C20H20FNO5. The largest absolute Gasteiger partial charge is 0.490 e. The van der Waals surface area contributed by atoms with Gasteiger partial charge in [-0.15, -0.1) is 0 Å². The highest BCUT2D eigenvalue weighted by atomic mass is 19.1. The Morgan fingerprint density at radius 3 is 2.48 bits per heavy atom. The fourth-order valence-electron chi connectivity index (χ4n) is 2.81. The van der Waals surface area contributed by atoms with Gasteiger partial charge in [0, 0.05) is 24.1 Å². The van der Waals surface area contributed by atoms with Crippen LogP contribution in [-0.2, 0) is 16.0 Å². The molecule has 1 saturated heterocycles. The van der Waals surface area contributed by atoms with E-state index in [1.807, 2.05) is 0 Å². The van der Waals surface area contributed by atoms with Gasteiger partial charge in [0.25, 0.3) is 5.91 Å². The molecule has 0 radical (unpaired) electrons. The minimum absolute atomic E-state index is 0.0649. The van der Waals surface area contributed by atoms with Gasteiger partial charge in [-0.25, -0.2) is 4.39 Å². The number of ether oxygens (including phenoxy) is 2. The molecule has 0 aromatic heterocycles. The fourth-order valence-corrected chi connectivity index (χ4v) is 2.81. The number of anilines is 1. The number of carboxylic acid groups (broad SMARTS) is 1. The molecule has 0 unspecified atom stereocenters. The summed E-state index contributed by atoms with van der Waals surface area (Å²) >= 11 is 0. The van der Waals surface area contributed by atoms with Crippen LogP contribution in [0.15, 0.2) is 42.5 Å². The van der Waals surface area contributed by atoms with Crippen molar-refractivity contribution in [3.8, 4) is 5.75 Å². The van der Waals surface area contributed by atoms with Crippen molar-refractivity contribution in [3.05, 3.63) is 59.4 Å². The zero-order chi connectivity index (χ0) is 19.2. The van der Waals surface area contributed by atoms with E-state index < -0.39 is 24.1 Å². The number of carbonyl (C=O) groups is 2. The molecule has 6 nitrogen and oxygen atoms in total. The van der Waals surface area contributed by atoms with Crippen molar-refractivity contribution in [1.29, 1.82) is 0 Å². The first-order valence-corrected chi connectivity index (χ1v) is 8.67. The smallest absolute Gasteiger partial charge is 0.307 e. The highest BCUT2D eigenvalue weighted by Gasteiger charge is 2.16. The van der Waals surface area contributed by atoms with Gasteiger partial charge in [0.15, 0.2) is 0 Å². The van der Waals surface area contributed by atoms with E-state index in [0.717, 1.165) is 18.9 Å². The summed E-state index contributed by atoms with van der Waals surface area (Å²) in [5.41, 5.74) is 0.730. The number of carbonyl (C=O) groups excluding carboxylic acids is 1. The van der Waals surface area contributed by atoms with Crippen LogP contribution < -0.4 is 10.1 Å². The first-order chi connectivity index (χ1) is 13.0. The summed E-state index contributed by atoms with van der Waals surface area (Å²) in [6, 6.07) is 10.7. The average molecular weight is 373 g/mol. The Morgan fingerprint density at radius 1 is 1.15 bits per heavy atom. The standard InChI is InChI=1S/C20H20FNO5/c21-18-12-15(4-1-14(18)11-19(23)24)22-20(25)13-2-5-16(6-3-13)27-17-7-9-26-10-8-17/h1-6,12,17H,7-11H2,(H,22,25)(H,23,24). The van der Waals surface area contributed by atoms with Crippen molar-refractivity contribution in [2.24, 2.45) is 0 Å². The van der Waals surface area contributed by atoms with Crippen molar-refractivity contribution < 1.29 is 28.6 Å². The summed E-state index contributed by atoms with van der Waals surface area (Å²) < 4.78 is 25.0. The maximum atomic E-state index is 13.9. The van der Waals surface area contributed by atoms with Gasteiger partial charge in [-0.2, -0.15) is 0 Å². The van der Waals surface area contributed by atoms with Gasteiger partial charge in [-0.05, 0) is 42.0 Å². The number of carboxylic acids is 1. The summed E-state index contributed by atoms with van der Waals surface area (Å²) in [5.74, 6) is -1.50. The third kappa shape index (κ3) is 5.27. The number of aliphatic carboxylic acids is 1. The van der Waals surface area contributed by atoms with Gasteiger partial charge in [-0.1, -0.05) is 6.07 Å². The van der Waals surface area contributed by atoms with E-state index in [-0.39, 0.29) is 17.4 Å². The number of amides is 1. The van der Waals surface area contributed by atoms with Crippen LogP contribution in [0.1, 0.15) is 28.8 Å². The van der Waals surface area contributed by atoms with E-state index in [2.05, 4.69) is 5.32 Å². The van der Waals surface area contributed by atoms with Crippen LogP contribution in [0.25, 0.3) is 0 Å². The second-order valence-corrected chi connectivity index (χ2v) is 6.28. The van der Waals surface area contributed by atoms with Crippen LogP contribution in [-0.4, -0.2) is 36.3 Å². The molecule has 1 aliphatic heterocycles. The van der Waals surface area contributed by atoms with Crippen molar-refractivity contribution >= 4 is 17.6 Å². The molecule has 27 heavy (non-hydrogen) atoms. The molecular weight excluding hydrogens is 353 g/mol. The number of hydrogen-bond acceptors (Lipinski definition) is 4. The number of benzene rings is 2. The predicted octanol–water partition coefficient (Wildman–Crippen LogP) is 3.26. The quantitative estimate of drug-likeness (QED) is 0.812. The van der Waals surface area contributed by atoms with Crippen LogP contribution in [0.2, 0.25) is 0 Å². The molecule has 1 fully saturated rings. The minimum Gasteiger partial charge on any atom is -0.490 e. The number of rotatable bonds is 6. The highest BCUT2D eigenvalue weighted by molar-refractivity contribution is 6.04. The Balaban J connectivity index is 1.60. The Hall–Kier alpha value is -2.93. The predicted molar refractivity (Wildman–Crippen MR) is 96.6 cm³/mol. The molecule has 1 amide bonds. The molecule has 3 rings (SSSR count). The molecule has 0 atom stereocenters. The van der Waals surface area contributed by atoms with Crippen molar-refractivity contribution in [2.75, 3.05) is 18.5 Å². The van der Waals surface area contributed by atoms with Gasteiger partial charge in [0.2, 0.25) is 0 Å². The summed E-state index contributed by atoms with van der Waals surface area (Å²) in [4.78, 5) is 23.0. The maximum absolute atomic E-state index is 13.9. The maximum Gasteiger partial charge on any atom is 0.307 e. The molecule has 1 aliphatic rings. The van der Waals surface area contributed by atoms with Crippen LogP contribution in [0.5, 0.6) is 5.75 Å². The van der Waals surface area contributed by atoms with Crippen molar-refractivity contribution in [1.82, 2.24) is 0 Å². The van der Waals surface area contributed by atoms with E-state index in [1.165, 1.54) is 12.1 Å². The van der Waals surface area contributed by atoms with Crippen LogP contribution >= 0.6 is 0 Å². The van der Waals surface area contributed by atoms with Crippen LogP contribution in [0.3, 0.4) is 0 Å². The van der Waals surface area contributed by atoms with E-state index in [1.54, 1.807) is 24.3 Å². The van der Waals surface area contributed by atoms with E-state index >= 15 is 0 Å². The highest BCUT2D eigenvalue weighted by Crippen LogP contribution is 2.20. The topological polar surface area (TPSA) is 84.9 Å². The number of hydrogen-bond donors (Lipinski definition) is 2. The average Bonchev–Trinajstić information content (AvgIpc) is 2.65. The lowest BCUT2D eigenvalue weighted by Crippen LogP contribution is -2.25. The summed E-state index contributed by atoms with van der Waals surface area (Å²) in [5, 5.41) is 11.3. The van der Waals surface area contributed by atoms with Crippen molar-refractivity contribution in [3.63, 3.8) is 0 Å². The second-order valence-electron chi connectivity index (χ2n) is 6.28. The first-order valence-electron chi connectivity index (χ1n) is 8.67. The molecule has 2 N–H and O–H groups in total. The zero-order valence-electron chi connectivity index (χ0n) is 14.6. The molecule has 0 aliphatic carbocycles. The third-order valence-electron chi connectivity index (χ3n) is 4.24. The summed E-state index contributed by atoms with van der Waals surface area (Å²) in [6.45, 7) is 1.37.